The smallest absolute Gasteiger partial charge is 0.184 e. The molecule has 2 atom stereocenters. The van der Waals surface area contributed by atoms with Gasteiger partial charge >= 0.3 is 0 Å². The minimum absolute atomic E-state index is 0.625. The van der Waals surface area contributed by atoms with E-state index < -0.39 is 16.6 Å². The second-order valence-corrected chi connectivity index (χ2v) is 18.0. The minimum Gasteiger partial charge on any atom is -0.454 e. The van der Waals surface area contributed by atoms with Crippen LogP contribution in [0.15, 0.2) is 46.6 Å². The van der Waals surface area contributed by atoms with Gasteiger partial charge in [-0.1, -0.05) is 35.5 Å². The Bertz CT molecular complexity index is 620. The molecule has 1 nitrogen and oxygen atoms in total. The first kappa shape index (κ1) is 17.8. The fraction of sp³-hybridized carbons (Fsp3) is 0.636. The van der Waals surface area contributed by atoms with Crippen LogP contribution >= 0.6 is 0 Å². The summed E-state index contributed by atoms with van der Waals surface area (Å²) >= 11 is 0. The minimum atomic E-state index is -1.78. The van der Waals surface area contributed by atoms with E-state index in [1.165, 1.54) is 51.4 Å². The Balaban J connectivity index is 1.54. The van der Waals surface area contributed by atoms with Gasteiger partial charge in [0.1, 0.15) is 0 Å². The molecule has 0 aliphatic heterocycles. The van der Waals surface area contributed by atoms with Crippen molar-refractivity contribution in [3.05, 3.63) is 46.6 Å². The van der Waals surface area contributed by atoms with Crippen molar-refractivity contribution < 1.29 is 4.12 Å². The number of hydrogen-bond donors (Lipinski definition) is 0. The van der Waals surface area contributed by atoms with E-state index in [1.54, 1.807) is 22.3 Å². The Morgan fingerprint density at radius 1 is 0.680 bits per heavy atom. The first-order valence-corrected chi connectivity index (χ1v) is 16.4. The van der Waals surface area contributed by atoms with Gasteiger partial charge in [-0.25, -0.2) is 0 Å². The molecule has 4 aliphatic carbocycles. The predicted molar refractivity (Wildman–Crippen MR) is 113 cm³/mol. The highest BCUT2D eigenvalue weighted by atomic mass is 28.4. The first-order valence-electron chi connectivity index (χ1n) is 10.4. The zero-order valence-corrected chi connectivity index (χ0v) is 18.5. The van der Waals surface area contributed by atoms with Gasteiger partial charge in [0.25, 0.3) is 0 Å². The van der Waals surface area contributed by atoms with Crippen LogP contribution in [-0.4, -0.2) is 16.6 Å². The maximum absolute atomic E-state index is 7.20. The van der Waals surface area contributed by atoms with Crippen molar-refractivity contribution in [3.8, 4) is 0 Å². The van der Waals surface area contributed by atoms with Gasteiger partial charge in [0, 0.05) is 11.1 Å². The molecule has 0 heterocycles. The van der Waals surface area contributed by atoms with Gasteiger partial charge in [0.05, 0.1) is 0 Å². The number of hydrogen-bond acceptors (Lipinski definition) is 1. The molecule has 0 bridgehead atoms. The summed E-state index contributed by atoms with van der Waals surface area (Å²) in [5.41, 5.74) is 8.04. The maximum atomic E-state index is 7.20. The molecular formula is C22H34OSi2. The molecule has 0 radical (unpaired) electrons. The van der Waals surface area contributed by atoms with Gasteiger partial charge in [-0.05, 0) is 88.7 Å². The lowest BCUT2D eigenvalue weighted by molar-refractivity contribution is 0.520. The van der Waals surface area contributed by atoms with Crippen molar-refractivity contribution >= 4 is 16.6 Å². The lowest BCUT2D eigenvalue weighted by Crippen LogP contribution is -2.49. The van der Waals surface area contributed by atoms with Crippen molar-refractivity contribution in [2.24, 2.45) is 0 Å². The van der Waals surface area contributed by atoms with Crippen LogP contribution in [0.5, 0.6) is 0 Å². The maximum Gasteiger partial charge on any atom is 0.184 e. The third-order valence-corrected chi connectivity index (χ3v) is 15.2. The summed E-state index contributed by atoms with van der Waals surface area (Å²) in [4.78, 5) is 0. The molecule has 0 aromatic rings. The van der Waals surface area contributed by atoms with E-state index in [2.05, 4.69) is 50.5 Å². The van der Waals surface area contributed by atoms with Gasteiger partial charge in [-0.2, -0.15) is 0 Å². The Hall–Kier alpha value is -0.646. The van der Waals surface area contributed by atoms with E-state index in [-0.39, 0.29) is 0 Å². The second-order valence-electron chi connectivity index (χ2n) is 9.50. The zero-order valence-electron chi connectivity index (χ0n) is 16.5. The van der Waals surface area contributed by atoms with Crippen LogP contribution in [0.25, 0.3) is 0 Å². The molecule has 136 valence electrons. The molecule has 0 saturated heterocycles. The highest BCUT2D eigenvalue weighted by Crippen LogP contribution is 2.49. The lowest BCUT2D eigenvalue weighted by Gasteiger charge is -2.42. The molecule has 2 unspecified atom stereocenters. The summed E-state index contributed by atoms with van der Waals surface area (Å²) < 4.78 is 7.20. The summed E-state index contributed by atoms with van der Waals surface area (Å²) in [5, 5.41) is 0. The van der Waals surface area contributed by atoms with Crippen molar-refractivity contribution in [2.75, 3.05) is 0 Å². The van der Waals surface area contributed by atoms with Gasteiger partial charge < -0.3 is 4.12 Å². The highest BCUT2D eigenvalue weighted by molar-refractivity contribution is 6.87. The third-order valence-electron chi connectivity index (χ3n) is 6.86. The molecule has 0 fully saturated rings. The average molecular weight is 371 g/mol. The van der Waals surface area contributed by atoms with Crippen molar-refractivity contribution in [3.63, 3.8) is 0 Å². The molecule has 25 heavy (non-hydrogen) atoms. The molecule has 0 spiro atoms. The Labute approximate surface area is 156 Å². The van der Waals surface area contributed by atoms with E-state index in [0.29, 0.717) is 11.1 Å². The zero-order chi connectivity index (χ0) is 17.7. The summed E-state index contributed by atoms with van der Waals surface area (Å²) in [5.74, 6) is 0. The first-order chi connectivity index (χ1) is 11.9. The van der Waals surface area contributed by atoms with E-state index in [9.17, 15) is 0 Å². The van der Waals surface area contributed by atoms with E-state index in [0.717, 1.165) is 0 Å². The molecule has 4 rings (SSSR count). The normalized spacial score (nSPS) is 29.4. The molecule has 0 amide bonds. The molecule has 3 heteroatoms. The van der Waals surface area contributed by atoms with Gasteiger partial charge in [-0.3, -0.25) is 0 Å². The fourth-order valence-corrected chi connectivity index (χ4v) is 15.7. The Kier molecular flexibility index (Phi) is 4.62. The molecule has 0 aromatic heterocycles. The standard InChI is InChI=1S/C22H34OSi2/c1-24(2,21-15-13-17-9-5-7-11-19(17)21)23-25(3,4)22-16-14-18-10-6-8-12-20(18)22/h13-16,21-22H,5-12H2,1-4H3. The van der Waals surface area contributed by atoms with Crippen LogP contribution in [0.1, 0.15) is 51.4 Å². The van der Waals surface area contributed by atoms with Crippen LogP contribution in [0.3, 0.4) is 0 Å². The molecule has 0 saturated carbocycles. The summed E-state index contributed by atoms with van der Waals surface area (Å²) in [6.07, 6.45) is 20.6. The van der Waals surface area contributed by atoms with Crippen LogP contribution in [0.4, 0.5) is 0 Å². The van der Waals surface area contributed by atoms with Crippen LogP contribution in [0.2, 0.25) is 37.3 Å². The Morgan fingerprint density at radius 2 is 1.08 bits per heavy atom. The number of rotatable bonds is 4. The van der Waals surface area contributed by atoms with Crippen LogP contribution in [0, 0.1) is 0 Å². The van der Waals surface area contributed by atoms with E-state index in [1.807, 2.05) is 0 Å². The molecule has 0 aromatic carbocycles. The van der Waals surface area contributed by atoms with Crippen molar-refractivity contribution in [2.45, 2.75) is 88.6 Å². The predicted octanol–water partition coefficient (Wildman–Crippen LogP) is 7.03. The van der Waals surface area contributed by atoms with Gasteiger partial charge in [-0.15, -0.1) is 0 Å². The quantitative estimate of drug-likeness (QED) is 0.482. The molecular weight excluding hydrogens is 336 g/mol. The van der Waals surface area contributed by atoms with Crippen LogP contribution < -0.4 is 0 Å². The van der Waals surface area contributed by atoms with Gasteiger partial charge in [0.2, 0.25) is 0 Å². The monoisotopic (exact) mass is 370 g/mol. The summed E-state index contributed by atoms with van der Waals surface area (Å²) in [6, 6.07) is 0. The van der Waals surface area contributed by atoms with Crippen molar-refractivity contribution in [1.82, 2.24) is 0 Å². The summed E-state index contributed by atoms with van der Waals surface area (Å²) in [6.45, 7) is 9.93. The van der Waals surface area contributed by atoms with Crippen molar-refractivity contribution in [1.29, 1.82) is 0 Å². The molecule has 0 N–H and O–H groups in total. The average Bonchev–Trinajstić information content (AvgIpc) is 3.18. The summed E-state index contributed by atoms with van der Waals surface area (Å²) in [7, 11) is -3.55. The topological polar surface area (TPSA) is 9.23 Å². The SMILES string of the molecule is C[Si](C)(O[Si](C)(C)C1C=CC2=C1CCCC2)C1C=CC2=C1CCCC2. The highest BCUT2D eigenvalue weighted by Gasteiger charge is 2.46. The third kappa shape index (κ3) is 3.24. The fourth-order valence-electron chi connectivity index (χ4n) is 5.76. The lowest BCUT2D eigenvalue weighted by atomic mass is 9.94. The Morgan fingerprint density at radius 3 is 1.52 bits per heavy atom. The second kappa shape index (κ2) is 6.51. The van der Waals surface area contributed by atoms with E-state index in [4.69, 9.17) is 4.12 Å². The number of allylic oxidation sites excluding steroid dienone is 8. The molecule has 4 aliphatic rings. The largest absolute Gasteiger partial charge is 0.454 e. The van der Waals surface area contributed by atoms with E-state index >= 15 is 0 Å². The van der Waals surface area contributed by atoms with Crippen LogP contribution in [-0.2, 0) is 4.12 Å². The van der Waals surface area contributed by atoms with Gasteiger partial charge in [0.15, 0.2) is 16.6 Å².